The standard InChI is InChI=1S/C20H19ClN2O2/c1-11-5-6-14(9-12(11)2)17-18(20(25)23(4)19(17)24)22-16-8-7-15(21)10-13(16)3/h5-10,22H,1-4H3. The average molecular weight is 355 g/mol. The number of benzene rings is 2. The molecule has 1 N–H and O–H groups in total. The minimum atomic E-state index is -0.340. The Morgan fingerprint density at radius 2 is 1.60 bits per heavy atom. The van der Waals surface area contributed by atoms with Crippen molar-refractivity contribution < 1.29 is 9.59 Å². The van der Waals surface area contributed by atoms with Gasteiger partial charge in [-0.05, 0) is 61.2 Å². The number of carbonyl (C=O) groups excluding carboxylic acids is 2. The third-order valence-electron chi connectivity index (χ3n) is 4.53. The molecular formula is C20H19ClN2O2. The molecule has 25 heavy (non-hydrogen) atoms. The van der Waals surface area contributed by atoms with Crippen molar-refractivity contribution in [3.05, 3.63) is 69.4 Å². The maximum absolute atomic E-state index is 12.6. The Hall–Kier alpha value is -2.59. The van der Waals surface area contributed by atoms with Crippen molar-refractivity contribution in [2.75, 3.05) is 12.4 Å². The van der Waals surface area contributed by atoms with Crippen molar-refractivity contribution in [3.8, 4) is 0 Å². The maximum Gasteiger partial charge on any atom is 0.277 e. The molecule has 0 aromatic heterocycles. The smallest absolute Gasteiger partial charge is 0.277 e. The Kier molecular flexibility index (Phi) is 4.39. The highest BCUT2D eigenvalue weighted by atomic mass is 35.5. The molecule has 5 heteroatoms. The van der Waals surface area contributed by atoms with Gasteiger partial charge in [0.1, 0.15) is 5.70 Å². The molecule has 0 fully saturated rings. The molecule has 0 saturated heterocycles. The fourth-order valence-corrected chi connectivity index (χ4v) is 3.05. The van der Waals surface area contributed by atoms with E-state index in [2.05, 4.69) is 5.32 Å². The van der Waals surface area contributed by atoms with Gasteiger partial charge in [-0.3, -0.25) is 14.5 Å². The second-order valence-electron chi connectivity index (χ2n) is 6.30. The van der Waals surface area contributed by atoms with E-state index in [1.807, 2.05) is 45.0 Å². The summed E-state index contributed by atoms with van der Waals surface area (Å²) >= 11 is 6.00. The lowest BCUT2D eigenvalue weighted by atomic mass is 9.99. The van der Waals surface area contributed by atoms with Crippen LogP contribution in [0.2, 0.25) is 5.02 Å². The van der Waals surface area contributed by atoms with Crippen LogP contribution in [-0.4, -0.2) is 23.8 Å². The first-order valence-corrected chi connectivity index (χ1v) is 8.35. The minimum absolute atomic E-state index is 0.293. The van der Waals surface area contributed by atoms with Crippen LogP contribution in [0.1, 0.15) is 22.3 Å². The second-order valence-corrected chi connectivity index (χ2v) is 6.74. The highest BCUT2D eigenvalue weighted by molar-refractivity contribution is 6.36. The zero-order valence-electron chi connectivity index (χ0n) is 14.6. The SMILES string of the molecule is Cc1ccc(C2=C(Nc3ccc(Cl)cc3C)C(=O)N(C)C2=O)cc1C. The summed E-state index contributed by atoms with van der Waals surface area (Å²) in [5.74, 6) is -0.644. The molecule has 1 heterocycles. The molecule has 2 aromatic rings. The Bertz CT molecular complexity index is 931. The number of nitrogens with zero attached hydrogens (tertiary/aromatic N) is 1. The monoisotopic (exact) mass is 354 g/mol. The lowest BCUT2D eigenvalue weighted by molar-refractivity contribution is -0.135. The van der Waals surface area contributed by atoms with Gasteiger partial charge in [0.15, 0.2) is 0 Å². The topological polar surface area (TPSA) is 49.4 Å². The van der Waals surface area contributed by atoms with Gasteiger partial charge in [0.2, 0.25) is 0 Å². The summed E-state index contributed by atoms with van der Waals surface area (Å²) < 4.78 is 0. The van der Waals surface area contributed by atoms with E-state index in [0.29, 0.717) is 16.3 Å². The second kappa shape index (κ2) is 6.37. The van der Waals surface area contributed by atoms with E-state index < -0.39 is 0 Å². The fraction of sp³-hybridized carbons (Fsp3) is 0.200. The average Bonchev–Trinajstić information content (AvgIpc) is 2.77. The Labute approximate surface area is 152 Å². The Morgan fingerprint density at radius 1 is 0.880 bits per heavy atom. The van der Waals surface area contributed by atoms with E-state index in [9.17, 15) is 9.59 Å². The maximum atomic E-state index is 12.6. The molecule has 0 aliphatic carbocycles. The third-order valence-corrected chi connectivity index (χ3v) is 4.77. The number of amides is 2. The van der Waals surface area contributed by atoms with Gasteiger partial charge in [0.05, 0.1) is 5.57 Å². The molecular weight excluding hydrogens is 336 g/mol. The zero-order chi connectivity index (χ0) is 18.3. The number of rotatable bonds is 3. The summed E-state index contributed by atoms with van der Waals surface area (Å²) in [7, 11) is 1.50. The van der Waals surface area contributed by atoms with Crippen LogP contribution < -0.4 is 5.32 Å². The van der Waals surface area contributed by atoms with Gasteiger partial charge in [-0.15, -0.1) is 0 Å². The molecule has 0 saturated carbocycles. The Balaban J connectivity index is 2.13. The predicted molar refractivity (Wildman–Crippen MR) is 100 cm³/mol. The van der Waals surface area contributed by atoms with Crippen LogP contribution in [0.15, 0.2) is 42.1 Å². The number of likely N-dealkylation sites (N-methyl/N-ethyl adjacent to an activating group) is 1. The molecule has 2 aromatic carbocycles. The molecule has 4 nitrogen and oxygen atoms in total. The minimum Gasteiger partial charge on any atom is -0.350 e. The van der Waals surface area contributed by atoms with Crippen LogP contribution in [0, 0.1) is 20.8 Å². The van der Waals surface area contributed by atoms with Crippen LogP contribution in [0.3, 0.4) is 0 Å². The lowest BCUT2D eigenvalue weighted by Gasteiger charge is -2.12. The van der Waals surface area contributed by atoms with Crippen LogP contribution in [0.4, 0.5) is 5.69 Å². The quantitative estimate of drug-likeness (QED) is 0.845. The zero-order valence-corrected chi connectivity index (χ0v) is 15.4. The summed E-state index contributed by atoms with van der Waals surface area (Å²) in [5, 5.41) is 3.76. The van der Waals surface area contributed by atoms with Crippen LogP contribution >= 0.6 is 11.6 Å². The number of imide groups is 1. The van der Waals surface area contributed by atoms with Gasteiger partial charge >= 0.3 is 0 Å². The van der Waals surface area contributed by atoms with Crippen molar-refractivity contribution in [1.29, 1.82) is 0 Å². The van der Waals surface area contributed by atoms with Crippen LogP contribution in [0.25, 0.3) is 5.57 Å². The molecule has 0 spiro atoms. The van der Waals surface area contributed by atoms with Crippen molar-refractivity contribution in [2.45, 2.75) is 20.8 Å². The molecule has 3 rings (SSSR count). The first-order chi connectivity index (χ1) is 11.8. The molecule has 0 atom stereocenters. The summed E-state index contributed by atoms with van der Waals surface area (Å²) in [4.78, 5) is 26.4. The Morgan fingerprint density at radius 3 is 2.24 bits per heavy atom. The van der Waals surface area contributed by atoms with E-state index in [1.54, 1.807) is 12.1 Å². The number of aryl methyl sites for hydroxylation is 3. The highest BCUT2D eigenvalue weighted by Gasteiger charge is 2.37. The summed E-state index contributed by atoms with van der Waals surface area (Å²) in [5.41, 5.74) is 5.27. The van der Waals surface area contributed by atoms with E-state index in [0.717, 1.165) is 32.8 Å². The van der Waals surface area contributed by atoms with Gasteiger partial charge in [0, 0.05) is 17.8 Å². The number of hydrogen-bond donors (Lipinski definition) is 1. The molecule has 0 radical (unpaired) electrons. The molecule has 0 unspecified atom stereocenters. The van der Waals surface area contributed by atoms with Crippen molar-refractivity contribution in [1.82, 2.24) is 4.90 Å². The van der Waals surface area contributed by atoms with Gasteiger partial charge in [0.25, 0.3) is 11.8 Å². The number of anilines is 1. The molecule has 1 aliphatic rings. The fourth-order valence-electron chi connectivity index (χ4n) is 2.82. The van der Waals surface area contributed by atoms with E-state index >= 15 is 0 Å². The first-order valence-electron chi connectivity index (χ1n) is 7.97. The van der Waals surface area contributed by atoms with Crippen molar-refractivity contribution >= 4 is 34.7 Å². The molecule has 2 amide bonds. The van der Waals surface area contributed by atoms with Gasteiger partial charge in [-0.1, -0.05) is 29.8 Å². The number of hydrogen-bond acceptors (Lipinski definition) is 3. The largest absolute Gasteiger partial charge is 0.350 e. The number of nitrogens with one attached hydrogen (secondary N) is 1. The van der Waals surface area contributed by atoms with Crippen molar-refractivity contribution in [2.24, 2.45) is 0 Å². The molecule has 128 valence electrons. The van der Waals surface area contributed by atoms with Gasteiger partial charge in [-0.2, -0.15) is 0 Å². The first kappa shape index (κ1) is 17.2. The van der Waals surface area contributed by atoms with Crippen molar-refractivity contribution in [3.63, 3.8) is 0 Å². The van der Waals surface area contributed by atoms with E-state index in [1.165, 1.54) is 7.05 Å². The van der Waals surface area contributed by atoms with Gasteiger partial charge < -0.3 is 5.32 Å². The summed E-state index contributed by atoms with van der Waals surface area (Å²) in [6, 6.07) is 11.1. The highest BCUT2D eigenvalue weighted by Crippen LogP contribution is 2.31. The van der Waals surface area contributed by atoms with E-state index in [4.69, 9.17) is 11.6 Å². The van der Waals surface area contributed by atoms with Gasteiger partial charge in [-0.25, -0.2) is 0 Å². The molecule has 0 bridgehead atoms. The normalized spacial score (nSPS) is 14.5. The summed E-state index contributed by atoms with van der Waals surface area (Å²) in [6.07, 6.45) is 0. The van der Waals surface area contributed by atoms with Crippen LogP contribution in [-0.2, 0) is 9.59 Å². The molecule has 1 aliphatic heterocycles. The van der Waals surface area contributed by atoms with Crippen LogP contribution in [0.5, 0.6) is 0 Å². The lowest BCUT2D eigenvalue weighted by Crippen LogP contribution is -2.28. The number of carbonyl (C=O) groups is 2. The third kappa shape index (κ3) is 3.05. The summed E-state index contributed by atoms with van der Waals surface area (Å²) in [6.45, 7) is 5.90. The number of halogens is 1. The van der Waals surface area contributed by atoms with E-state index in [-0.39, 0.29) is 11.8 Å². The predicted octanol–water partition coefficient (Wildman–Crippen LogP) is 4.09.